The molecular weight excluding hydrogens is 408 g/mol. The summed E-state index contributed by atoms with van der Waals surface area (Å²) in [7, 11) is 1.68. The van der Waals surface area contributed by atoms with Gasteiger partial charge in [-0.25, -0.2) is 0 Å². The van der Waals surface area contributed by atoms with Crippen molar-refractivity contribution in [1.82, 2.24) is 19.7 Å². The Morgan fingerprint density at radius 1 is 1.32 bits per heavy atom. The summed E-state index contributed by atoms with van der Waals surface area (Å²) in [6, 6.07) is -0.115. The number of hydrogen-bond acceptors (Lipinski definition) is 5. The van der Waals surface area contributed by atoms with Crippen LogP contribution in [0.15, 0.2) is 37.0 Å². The van der Waals surface area contributed by atoms with Crippen LogP contribution >= 0.6 is 11.3 Å². The van der Waals surface area contributed by atoms with Crippen molar-refractivity contribution in [3.05, 3.63) is 64.6 Å². The van der Waals surface area contributed by atoms with Crippen molar-refractivity contribution in [2.45, 2.75) is 60.5 Å². The van der Waals surface area contributed by atoms with Gasteiger partial charge in [0.2, 0.25) is 6.41 Å². The SMILES string of the molecule is C=C/C=C\C(=C)Cc1c(C)sc2c1CN(C=O)[C@@H](C)c1nnc(C)n1-2.CC.CCOC. The van der Waals surface area contributed by atoms with Crippen molar-refractivity contribution in [3.63, 3.8) is 0 Å². The largest absolute Gasteiger partial charge is 0.385 e. The highest BCUT2D eigenvalue weighted by Crippen LogP contribution is 2.39. The minimum absolute atomic E-state index is 0.115. The molecule has 170 valence electrons. The molecule has 0 saturated heterocycles. The quantitative estimate of drug-likeness (QED) is 0.436. The van der Waals surface area contributed by atoms with Gasteiger partial charge in [0.05, 0.1) is 6.04 Å². The second-order valence-corrected chi connectivity index (χ2v) is 8.03. The van der Waals surface area contributed by atoms with Crippen LogP contribution in [0.3, 0.4) is 0 Å². The summed E-state index contributed by atoms with van der Waals surface area (Å²) >= 11 is 1.73. The Hall–Kier alpha value is -2.51. The van der Waals surface area contributed by atoms with Gasteiger partial charge >= 0.3 is 0 Å². The molecule has 1 atom stereocenters. The van der Waals surface area contributed by atoms with E-state index in [9.17, 15) is 4.79 Å². The summed E-state index contributed by atoms with van der Waals surface area (Å²) in [6.07, 6.45) is 7.26. The maximum atomic E-state index is 11.7. The highest BCUT2D eigenvalue weighted by Gasteiger charge is 2.31. The molecule has 31 heavy (non-hydrogen) atoms. The van der Waals surface area contributed by atoms with Gasteiger partial charge in [-0.15, -0.1) is 21.5 Å². The average Bonchev–Trinajstić information content (AvgIpc) is 3.27. The molecule has 6 nitrogen and oxygen atoms in total. The van der Waals surface area contributed by atoms with E-state index in [0.717, 1.165) is 47.2 Å². The van der Waals surface area contributed by atoms with Crippen molar-refractivity contribution in [3.8, 4) is 5.00 Å². The van der Waals surface area contributed by atoms with Crippen LogP contribution < -0.4 is 0 Å². The number of hydrogen-bond donors (Lipinski definition) is 0. The third kappa shape index (κ3) is 6.24. The Morgan fingerprint density at radius 2 is 1.97 bits per heavy atom. The fourth-order valence-electron chi connectivity index (χ4n) is 3.17. The summed E-state index contributed by atoms with van der Waals surface area (Å²) < 4.78 is 6.63. The van der Waals surface area contributed by atoms with Crippen LogP contribution in [-0.2, 0) is 22.5 Å². The van der Waals surface area contributed by atoms with Gasteiger partial charge in [0.25, 0.3) is 0 Å². The zero-order valence-corrected chi connectivity index (χ0v) is 20.8. The van der Waals surface area contributed by atoms with Crippen LogP contribution in [0.25, 0.3) is 5.00 Å². The number of fused-ring (bicyclic) bond motifs is 3. The highest BCUT2D eigenvalue weighted by molar-refractivity contribution is 7.14. The molecular formula is C24H36N4O2S. The number of amides is 1. The summed E-state index contributed by atoms with van der Waals surface area (Å²) in [4.78, 5) is 14.7. The number of carbonyl (C=O) groups is 1. The van der Waals surface area contributed by atoms with E-state index in [4.69, 9.17) is 0 Å². The first-order valence-electron chi connectivity index (χ1n) is 10.6. The van der Waals surface area contributed by atoms with Crippen LogP contribution in [0.5, 0.6) is 0 Å². The number of ether oxygens (including phenoxy) is 1. The van der Waals surface area contributed by atoms with Gasteiger partial charge in [-0.1, -0.05) is 50.8 Å². The Kier molecular flexibility index (Phi) is 11.1. The molecule has 0 fully saturated rings. The Bertz CT molecular complexity index is 909. The minimum Gasteiger partial charge on any atom is -0.385 e. The lowest BCUT2D eigenvalue weighted by Gasteiger charge is -2.21. The molecule has 2 aromatic rings. The van der Waals surface area contributed by atoms with Crippen LogP contribution in [0, 0.1) is 13.8 Å². The standard InChI is InChI=1S/C19H22N4OS.C3H8O.C2H6/c1-6-7-8-12(2)9-16-14(4)25-19-17(16)10-22(11-24)13(3)18-21-20-15(5)23(18)19;1-3-4-2;1-2/h6-8,11,13H,1-2,9-10H2,3-5H3;3H2,1-2H3;1-2H3/b8-7-;;/t13-;;/m0../s1. The molecule has 0 bridgehead atoms. The number of rotatable bonds is 6. The molecule has 1 amide bonds. The summed E-state index contributed by atoms with van der Waals surface area (Å²) in [6.45, 7) is 21.2. The van der Waals surface area contributed by atoms with Crippen LogP contribution in [0.4, 0.5) is 0 Å². The zero-order valence-electron chi connectivity index (χ0n) is 19.9. The van der Waals surface area contributed by atoms with Crippen molar-refractivity contribution in [1.29, 1.82) is 0 Å². The molecule has 0 N–H and O–H groups in total. The smallest absolute Gasteiger partial charge is 0.210 e. The van der Waals surface area contributed by atoms with Gasteiger partial charge in [-0.2, -0.15) is 0 Å². The van der Waals surface area contributed by atoms with Gasteiger partial charge in [0.1, 0.15) is 10.8 Å². The molecule has 0 unspecified atom stereocenters. The van der Waals surface area contributed by atoms with Crippen molar-refractivity contribution in [2.24, 2.45) is 0 Å². The number of methoxy groups -OCH3 is 1. The first-order chi connectivity index (χ1) is 14.9. The van der Waals surface area contributed by atoms with E-state index in [2.05, 4.69) is 39.6 Å². The Balaban J connectivity index is 0.000000720. The van der Waals surface area contributed by atoms with E-state index in [1.807, 2.05) is 46.8 Å². The minimum atomic E-state index is -0.115. The van der Waals surface area contributed by atoms with E-state index in [-0.39, 0.29) is 6.04 Å². The predicted octanol–water partition coefficient (Wildman–Crippen LogP) is 5.50. The van der Waals surface area contributed by atoms with Gasteiger partial charge in [-0.3, -0.25) is 9.36 Å². The third-order valence-corrected chi connectivity index (χ3v) is 6.03. The van der Waals surface area contributed by atoms with Gasteiger partial charge in [0.15, 0.2) is 5.82 Å². The number of aromatic nitrogens is 3. The molecule has 0 aliphatic carbocycles. The molecule has 1 aliphatic heterocycles. The fraction of sp³-hybridized carbons (Fsp3) is 0.458. The predicted molar refractivity (Wildman–Crippen MR) is 130 cm³/mol. The lowest BCUT2D eigenvalue weighted by Crippen LogP contribution is -2.25. The zero-order chi connectivity index (χ0) is 23.6. The fourth-order valence-corrected chi connectivity index (χ4v) is 4.41. The van der Waals surface area contributed by atoms with Gasteiger partial charge < -0.3 is 9.64 Å². The van der Waals surface area contributed by atoms with E-state index in [1.54, 1.807) is 29.4 Å². The molecule has 3 heterocycles. The Labute approximate surface area is 190 Å². The first kappa shape index (κ1) is 26.5. The first-order valence-corrected chi connectivity index (χ1v) is 11.4. The average molecular weight is 445 g/mol. The lowest BCUT2D eigenvalue weighted by molar-refractivity contribution is -0.120. The number of carbonyl (C=O) groups excluding carboxylic acids is 1. The molecule has 0 aromatic carbocycles. The highest BCUT2D eigenvalue weighted by atomic mass is 32.1. The van der Waals surface area contributed by atoms with Gasteiger partial charge in [0, 0.05) is 30.7 Å². The Morgan fingerprint density at radius 3 is 2.52 bits per heavy atom. The molecule has 2 aromatic heterocycles. The summed E-state index contributed by atoms with van der Waals surface area (Å²) in [5, 5.41) is 9.66. The maximum Gasteiger partial charge on any atom is 0.210 e. The topological polar surface area (TPSA) is 60.2 Å². The van der Waals surface area contributed by atoms with Crippen molar-refractivity contribution < 1.29 is 9.53 Å². The van der Waals surface area contributed by atoms with Crippen LogP contribution in [0.2, 0.25) is 0 Å². The second-order valence-electron chi connectivity index (χ2n) is 6.82. The summed E-state index contributed by atoms with van der Waals surface area (Å²) in [5.41, 5.74) is 3.41. The third-order valence-electron chi connectivity index (χ3n) is 4.86. The van der Waals surface area contributed by atoms with E-state index >= 15 is 0 Å². The molecule has 0 saturated carbocycles. The number of nitrogens with zero attached hydrogens (tertiary/aromatic N) is 4. The number of thiophene rings is 1. The molecule has 3 rings (SSSR count). The second kappa shape index (κ2) is 13.0. The van der Waals surface area contributed by atoms with Crippen LogP contribution in [0.1, 0.15) is 61.4 Å². The number of allylic oxidation sites excluding steroid dienone is 4. The molecule has 0 spiro atoms. The normalized spacial score (nSPS) is 14.4. The van der Waals surface area contributed by atoms with Gasteiger partial charge in [-0.05, 0) is 39.7 Å². The van der Waals surface area contributed by atoms with E-state index in [1.165, 1.54) is 10.4 Å². The van der Waals surface area contributed by atoms with Crippen molar-refractivity contribution in [2.75, 3.05) is 13.7 Å². The maximum absolute atomic E-state index is 11.7. The lowest BCUT2D eigenvalue weighted by atomic mass is 10.0. The molecule has 7 heteroatoms. The monoisotopic (exact) mass is 444 g/mol. The van der Waals surface area contributed by atoms with Crippen molar-refractivity contribution >= 4 is 17.7 Å². The molecule has 0 radical (unpaired) electrons. The van der Waals surface area contributed by atoms with E-state index in [0.29, 0.717) is 6.54 Å². The number of aryl methyl sites for hydroxylation is 2. The van der Waals surface area contributed by atoms with Crippen LogP contribution in [-0.4, -0.2) is 39.8 Å². The molecule has 1 aliphatic rings. The van der Waals surface area contributed by atoms with E-state index < -0.39 is 0 Å². The summed E-state index contributed by atoms with van der Waals surface area (Å²) in [5.74, 6) is 1.65.